The Morgan fingerprint density at radius 3 is 2.71 bits per heavy atom. The number of benzene rings is 2. The molecule has 2 amide bonds. The number of nitrogens with zero attached hydrogens (tertiary/aromatic N) is 1. The van der Waals surface area contributed by atoms with E-state index >= 15 is 0 Å². The molecule has 3 aromatic rings. The largest absolute Gasteiger partial charge is 0.326 e. The van der Waals surface area contributed by atoms with Crippen molar-refractivity contribution in [1.29, 1.82) is 0 Å². The second kappa shape index (κ2) is 8.96. The lowest BCUT2D eigenvalue weighted by atomic mass is 10.0. The summed E-state index contributed by atoms with van der Waals surface area (Å²) in [5.74, 6) is -0.587. The van der Waals surface area contributed by atoms with Crippen molar-refractivity contribution >= 4 is 44.0 Å². The normalized spacial score (nSPS) is 14.4. The van der Waals surface area contributed by atoms with E-state index in [1.807, 2.05) is 30.3 Å². The number of aromatic nitrogens is 1. The summed E-state index contributed by atoms with van der Waals surface area (Å²) in [4.78, 5) is 28.5. The van der Waals surface area contributed by atoms with Gasteiger partial charge in [0.25, 0.3) is 0 Å². The van der Waals surface area contributed by atoms with E-state index in [4.69, 9.17) is 0 Å². The molecule has 1 aliphatic heterocycles. The van der Waals surface area contributed by atoms with Crippen LogP contribution in [0.3, 0.4) is 0 Å². The number of hydrogen-bond acceptors (Lipinski definition) is 6. The van der Waals surface area contributed by atoms with Gasteiger partial charge < -0.3 is 10.6 Å². The molecule has 2 heterocycles. The Balaban J connectivity index is 1.58. The minimum Gasteiger partial charge on any atom is -0.326 e. The van der Waals surface area contributed by atoms with Gasteiger partial charge in [0.1, 0.15) is 6.04 Å². The summed E-state index contributed by atoms with van der Waals surface area (Å²) in [6.45, 7) is 0. The Labute approximate surface area is 183 Å². The maximum atomic E-state index is 13.1. The lowest BCUT2D eigenvalue weighted by Gasteiger charge is -2.20. The zero-order valence-electron chi connectivity index (χ0n) is 16.4. The number of amides is 2. The van der Waals surface area contributed by atoms with Crippen molar-refractivity contribution in [2.45, 2.75) is 30.2 Å². The third kappa shape index (κ3) is 5.16. The van der Waals surface area contributed by atoms with Crippen LogP contribution < -0.4 is 15.4 Å². The number of carbonyl (C=O) groups excluding carboxylic acids is 2. The molecule has 0 radical (unpaired) electrons. The van der Waals surface area contributed by atoms with E-state index in [2.05, 4.69) is 20.3 Å². The number of sulfonamides is 1. The van der Waals surface area contributed by atoms with E-state index in [-0.39, 0.29) is 17.2 Å². The maximum absolute atomic E-state index is 13.1. The maximum Gasteiger partial charge on any atom is 0.244 e. The highest BCUT2D eigenvalue weighted by Crippen LogP contribution is 2.25. The number of hydrogen-bond donors (Lipinski definition) is 3. The molecule has 0 saturated heterocycles. The molecule has 1 unspecified atom stereocenters. The monoisotopic (exact) mass is 456 g/mol. The van der Waals surface area contributed by atoms with Gasteiger partial charge in [-0.2, -0.15) is 4.72 Å². The Kier molecular flexibility index (Phi) is 6.12. The van der Waals surface area contributed by atoms with E-state index in [1.54, 1.807) is 17.6 Å². The summed E-state index contributed by atoms with van der Waals surface area (Å²) in [7, 11) is -3.99. The van der Waals surface area contributed by atoms with Crippen molar-refractivity contribution in [2.24, 2.45) is 0 Å². The number of fused-ring (bicyclic) bond motifs is 1. The number of aryl methyl sites for hydroxylation is 1. The molecule has 0 aliphatic carbocycles. The molecule has 2 aromatic carbocycles. The minimum absolute atomic E-state index is 0.0440. The molecule has 8 nitrogen and oxygen atoms in total. The van der Waals surface area contributed by atoms with Crippen LogP contribution in [0.15, 0.2) is 65.0 Å². The first-order valence-electron chi connectivity index (χ1n) is 9.60. The number of thiazole rings is 1. The first-order valence-corrected chi connectivity index (χ1v) is 12.0. The molecule has 1 atom stereocenters. The Hall–Kier alpha value is -3.08. The van der Waals surface area contributed by atoms with Crippen LogP contribution in [-0.2, 0) is 32.5 Å². The molecule has 1 aliphatic rings. The van der Waals surface area contributed by atoms with E-state index in [0.29, 0.717) is 23.7 Å². The van der Waals surface area contributed by atoms with Crippen molar-refractivity contribution < 1.29 is 18.0 Å². The fourth-order valence-corrected chi connectivity index (χ4v) is 5.08. The molecule has 1 aromatic heterocycles. The highest BCUT2D eigenvalue weighted by Gasteiger charge is 2.28. The second-order valence-corrected chi connectivity index (χ2v) is 9.67. The van der Waals surface area contributed by atoms with Crippen LogP contribution in [-0.4, -0.2) is 31.3 Å². The van der Waals surface area contributed by atoms with E-state index in [9.17, 15) is 18.0 Å². The van der Waals surface area contributed by atoms with Crippen LogP contribution in [0.2, 0.25) is 0 Å². The van der Waals surface area contributed by atoms with Gasteiger partial charge in [-0.25, -0.2) is 13.4 Å². The van der Waals surface area contributed by atoms with Crippen molar-refractivity contribution in [1.82, 2.24) is 9.71 Å². The van der Waals surface area contributed by atoms with Crippen LogP contribution in [0.1, 0.15) is 17.5 Å². The topological polar surface area (TPSA) is 117 Å². The molecule has 10 heteroatoms. The molecule has 3 N–H and O–H groups in total. The summed E-state index contributed by atoms with van der Waals surface area (Å²) in [5, 5.41) is 7.51. The molecule has 160 valence electrons. The SMILES string of the molecule is O=C1CCc2cc(S(=O)(=O)NC(Cc3ccccc3)C(=O)Nc3nccs3)ccc2N1. The van der Waals surface area contributed by atoms with Gasteiger partial charge in [0.2, 0.25) is 21.8 Å². The van der Waals surface area contributed by atoms with Gasteiger partial charge in [0.15, 0.2) is 5.13 Å². The van der Waals surface area contributed by atoms with Gasteiger partial charge in [-0.05, 0) is 42.2 Å². The van der Waals surface area contributed by atoms with Crippen molar-refractivity contribution in [2.75, 3.05) is 10.6 Å². The first-order chi connectivity index (χ1) is 14.9. The summed E-state index contributed by atoms with van der Waals surface area (Å²) in [6.07, 6.45) is 2.50. The highest BCUT2D eigenvalue weighted by molar-refractivity contribution is 7.89. The highest BCUT2D eigenvalue weighted by atomic mass is 32.2. The summed E-state index contributed by atoms with van der Waals surface area (Å²) in [5.41, 5.74) is 2.17. The van der Waals surface area contributed by atoms with Gasteiger partial charge in [-0.3, -0.25) is 9.59 Å². The lowest BCUT2D eigenvalue weighted by Crippen LogP contribution is -2.45. The molecular weight excluding hydrogens is 436 g/mol. The first kappa shape index (κ1) is 21.2. The molecule has 0 spiro atoms. The zero-order valence-corrected chi connectivity index (χ0v) is 18.0. The average molecular weight is 457 g/mol. The smallest absolute Gasteiger partial charge is 0.244 e. The number of anilines is 2. The third-order valence-corrected chi connectivity index (χ3v) is 7.00. The zero-order chi connectivity index (χ0) is 21.8. The van der Waals surface area contributed by atoms with Gasteiger partial charge >= 0.3 is 0 Å². The van der Waals surface area contributed by atoms with Crippen LogP contribution in [0, 0.1) is 0 Å². The van der Waals surface area contributed by atoms with Crippen LogP contribution in [0.4, 0.5) is 10.8 Å². The van der Waals surface area contributed by atoms with E-state index in [1.165, 1.54) is 23.5 Å². The van der Waals surface area contributed by atoms with Gasteiger partial charge in [-0.15, -0.1) is 11.3 Å². The van der Waals surface area contributed by atoms with Gasteiger partial charge in [0, 0.05) is 23.7 Å². The number of nitrogens with one attached hydrogen (secondary N) is 3. The van der Waals surface area contributed by atoms with Crippen molar-refractivity contribution in [3.05, 3.63) is 71.2 Å². The summed E-state index contributed by atoms with van der Waals surface area (Å²) >= 11 is 1.25. The number of carbonyl (C=O) groups is 2. The Morgan fingerprint density at radius 1 is 1.16 bits per heavy atom. The van der Waals surface area contributed by atoms with Crippen molar-refractivity contribution in [3.63, 3.8) is 0 Å². The molecular formula is C21H20N4O4S2. The second-order valence-electron chi connectivity index (χ2n) is 7.06. The van der Waals surface area contributed by atoms with Crippen LogP contribution in [0.5, 0.6) is 0 Å². The molecule has 0 bridgehead atoms. The fraction of sp³-hybridized carbons (Fsp3) is 0.190. The van der Waals surface area contributed by atoms with Crippen LogP contribution in [0.25, 0.3) is 0 Å². The Bertz CT molecular complexity index is 1200. The predicted molar refractivity (Wildman–Crippen MR) is 118 cm³/mol. The molecule has 31 heavy (non-hydrogen) atoms. The molecule has 0 saturated carbocycles. The third-order valence-electron chi connectivity index (χ3n) is 4.84. The summed E-state index contributed by atoms with van der Waals surface area (Å²) in [6, 6.07) is 12.7. The van der Waals surface area contributed by atoms with Gasteiger partial charge in [0.05, 0.1) is 4.90 Å². The minimum atomic E-state index is -3.99. The van der Waals surface area contributed by atoms with E-state index in [0.717, 1.165) is 11.1 Å². The number of rotatable bonds is 7. The molecule has 4 rings (SSSR count). The predicted octanol–water partition coefficient (Wildman–Crippen LogP) is 2.56. The fourth-order valence-electron chi connectivity index (χ4n) is 3.30. The van der Waals surface area contributed by atoms with E-state index < -0.39 is 22.0 Å². The Morgan fingerprint density at radius 2 is 1.97 bits per heavy atom. The quantitative estimate of drug-likeness (QED) is 0.505. The lowest BCUT2D eigenvalue weighted by molar-refractivity contribution is -0.118. The average Bonchev–Trinajstić information content (AvgIpc) is 3.26. The van der Waals surface area contributed by atoms with Gasteiger partial charge in [-0.1, -0.05) is 30.3 Å². The van der Waals surface area contributed by atoms with Crippen molar-refractivity contribution in [3.8, 4) is 0 Å². The molecule has 0 fully saturated rings. The standard InChI is InChI=1S/C21H20N4O4S2/c26-19-9-6-15-13-16(7-8-17(15)23-19)31(28,29)25-18(12-14-4-2-1-3-5-14)20(27)24-21-22-10-11-30-21/h1-5,7-8,10-11,13,18,25H,6,9,12H2,(H,23,26)(H,22,24,27). The van der Waals surface area contributed by atoms with Crippen LogP contribution >= 0.6 is 11.3 Å². The summed E-state index contributed by atoms with van der Waals surface area (Å²) < 4.78 is 28.7.